The Hall–Kier alpha value is -2.71. The lowest BCUT2D eigenvalue weighted by Gasteiger charge is -2.22. The largest absolute Gasteiger partial charge is 0.497 e. The number of hydrogen-bond acceptors (Lipinski definition) is 6. The van der Waals surface area contributed by atoms with Crippen molar-refractivity contribution in [2.45, 2.75) is 31.3 Å². The number of sulfonamides is 1. The van der Waals surface area contributed by atoms with Crippen molar-refractivity contribution in [1.82, 2.24) is 0 Å². The van der Waals surface area contributed by atoms with Crippen molar-refractivity contribution in [3.63, 3.8) is 0 Å². The maximum atomic E-state index is 12.9. The average molecular weight is 419 g/mol. The average Bonchev–Trinajstić information content (AvgIpc) is 2.74. The van der Waals surface area contributed by atoms with Gasteiger partial charge in [-0.1, -0.05) is 37.3 Å². The molecule has 0 bridgehead atoms. The summed E-state index contributed by atoms with van der Waals surface area (Å²) < 4.78 is 39.8. The zero-order valence-corrected chi connectivity index (χ0v) is 17.4. The van der Waals surface area contributed by atoms with E-state index in [1.54, 1.807) is 44.2 Å². The quantitative estimate of drug-likeness (QED) is 0.495. The van der Waals surface area contributed by atoms with Gasteiger partial charge in [-0.05, 0) is 43.2 Å². The number of carbonyl (C=O) groups is 1. The molecule has 0 radical (unpaired) electrons. The van der Waals surface area contributed by atoms with E-state index >= 15 is 0 Å². The summed E-state index contributed by atoms with van der Waals surface area (Å²) in [4.78, 5) is 12.1. The van der Waals surface area contributed by atoms with Crippen molar-refractivity contribution in [2.24, 2.45) is 10.3 Å². The fourth-order valence-corrected chi connectivity index (χ4v) is 3.92. The van der Waals surface area contributed by atoms with Crippen LogP contribution in [0.25, 0.3) is 0 Å². The highest BCUT2D eigenvalue weighted by Crippen LogP contribution is 2.23. The molecule has 2 atom stereocenters. The Labute approximate surface area is 171 Å². The normalized spacial score (nSPS) is 14.1. The number of nitrogens with zero attached hydrogens (tertiary/aromatic N) is 1. The van der Waals surface area contributed by atoms with Crippen molar-refractivity contribution in [2.75, 3.05) is 13.7 Å². The van der Waals surface area contributed by atoms with E-state index in [9.17, 15) is 18.3 Å². The molecule has 0 amide bonds. The van der Waals surface area contributed by atoms with Crippen molar-refractivity contribution in [1.29, 1.82) is 0 Å². The van der Waals surface area contributed by atoms with E-state index in [2.05, 4.69) is 4.40 Å². The lowest BCUT2D eigenvalue weighted by Crippen LogP contribution is -2.36. The molecular formula is C21H25NO6S. The Morgan fingerprint density at radius 3 is 2.21 bits per heavy atom. The summed E-state index contributed by atoms with van der Waals surface area (Å²) in [7, 11) is -2.61. The van der Waals surface area contributed by atoms with Crippen molar-refractivity contribution in [3.8, 4) is 5.75 Å². The number of methoxy groups -OCH3 is 1. The molecule has 0 spiro atoms. The zero-order chi connectivity index (χ0) is 21.4. The molecule has 2 rings (SSSR count). The van der Waals surface area contributed by atoms with Crippen LogP contribution in [0.2, 0.25) is 0 Å². The molecule has 0 fully saturated rings. The summed E-state index contributed by atoms with van der Waals surface area (Å²) in [6.07, 6.45) is -1.25. The summed E-state index contributed by atoms with van der Waals surface area (Å²) >= 11 is 0. The number of ether oxygens (including phenoxy) is 2. The van der Waals surface area contributed by atoms with Crippen molar-refractivity contribution < 1.29 is 27.8 Å². The van der Waals surface area contributed by atoms with Crippen LogP contribution in [0.3, 0.4) is 0 Å². The van der Waals surface area contributed by atoms with Crippen molar-refractivity contribution in [3.05, 3.63) is 60.2 Å². The van der Waals surface area contributed by atoms with Crippen molar-refractivity contribution >= 4 is 21.7 Å². The lowest BCUT2D eigenvalue weighted by atomic mass is 9.89. The van der Waals surface area contributed by atoms with E-state index in [0.29, 0.717) is 11.3 Å². The molecule has 0 saturated heterocycles. The zero-order valence-electron chi connectivity index (χ0n) is 16.6. The van der Waals surface area contributed by atoms with E-state index in [4.69, 9.17) is 9.47 Å². The minimum absolute atomic E-state index is 0.0211. The van der Waals surface area contributed by atoms with Crippen LogP contribution < -0.4 is 4.74 Å². The first-order valence-corrected chi connectivity index (χ1v) is 10.7. The Morgan fingerprint density at radius 2 is 1.69 bits per heavy atom. The molecule has 156 valence electrons. The number of rotatable bonds is 9. The highest BCUT2D eigenvalue weighted by Gasteiger charge is 2.32. The number of hydrogen-bond donors (Lipinski definition) is 1. The first-order chi connectivity index (χ1) is 13.8. The summed E-state index contributed by atoms with van der Waals surface area (Å²) in [5.74, 6) is -1.16. The smallest absolute Gasteiger partial charge is 0.335 e. The molecule has 2 aromatic rings. The van der Waals surface area contributed by atoms with Gasteiger partial charge in [0.25, 0.3) is 10.0 Å². The Morgan fingerprint density at radius 1 is 1.07 bits per heavy atom. The fraction of sp³-hybridized carbons (Fsp3) is 0.333. The van der Waals surface area contributed by atoms with Crippen LogP contribution in [-0.2, 0) is 19.6 Å². The van der Waals surface area contributed by atoms with Crippen LogP contribution >= 0.6 is 0 Å². The minimum Gasteiger partial charge on any atom is -0.497 e. The van der Waals surface area contributed by atoms with E-state index < -0.39 is 28.0 Å². The van der Waals surface area contributed by atoms with Crippen LogP contribution in [0.1, 0.15) is 25.8 Å². The molecular weight excluding hydrogens is 394 g/mol. The van der Waals surface area contributed by atoms with Gasteiger partial charge in [0.2, 0.25) is 0 Å². The molecule has 2 aromatic carbocycles. The number of carbonyl (C=O) groups excluding carboxylic acids is 1. The molecule has 29 heavy (non-hydrogen) atoms. The Kier molecular flexibility index (Phi) is 7.92. The number of benzene rings is 2. The summed E-state index contributed by atoms with van der Waals surface area (Å²) in [5.41, 5.74) is 0.601. The molecule has 0 aliphatic heterocycles. The van der Waals surface area contributed by atoms with Crippen LogP contribution in [-0.4, -0.2) is 45.0 Å². The number of aliphatic hydroxyl groups excluding tert-OH is 1. The third-order valence-electron chi connectivity index (χ3n) is 4.35. The second kappa shape index (κ2) is 10.2. The van der Waals surface area contributed by atoms with Gasteiger partial charge in [-0.2, -0.15) is 12.8 Å². The summed E-state index contributed by atoms with van der Waals surface area (Å²) in [6, 6.07) is 14.4. The number of esters is 1. The molecule has 1 N–H and O–H groups in total. The van der Waals surface area contributed by atoms with Crippen LogP contribution in [0, 0.1) is 5.92 Å². The van der Waals surface area contributed by atoms with Gasteiger partial charge in [0.1, 0.15) is 5.75 Å². The van der Waals surface area contributed by atoms with Gasteiger partial charge >= 0.3 is 5.97 Å². The predicted molar refractivity (Wildman–Crippen MR) is 110 cm³/mol. The third kappa shape index (κ3) is 5.65. The van der Waals surface area contributed by atoms with E-state index in [1.165, 1.54) is 31.4 Å². The van der Waals surface area contributed by atoms with Gasteiger partial charge in [0, 0.05) is 5.92 Å². The molecule has 0 aromatic heterocycles. The van der Waals surface area contributed by atoms with Gasteiger partial charge in [-0.25, -0.2) is 4.79 Å². The second-order valence-corrected chi connectivity index (χ2v) is 7.81. The van der Waals surface area contributed by atoms with Gasteiger partial charge in [-0.15, -0.1) is 0 Å². The molecule has 0 aliphatic carbocycles. The highest BCUT2D eigenvalue weighted by atomic mass is 32.2. The first kappa shape index (κ1) is 22.6. The third-order valence-corrected chi connectivity index (χ3v) is 5.65. The number of aliphatic hydroxyl groups is 1. The van der Waals surface area contributed by atoms with Crippen LogP contribution in [0.4, 0.5) is 0 Å². The van der Waals surface area contributed by atoms with Gasteiger partial charge in [0.05, 0.1) is 24.3 Å². The van der Waals surface area contributed by atoms with E-state index in [0.717, 1.165) is 0 Å². The molecule has 7 nitrogen and oxygen atoms in total. The summed E-state index contributed by atoms with van der Waals surface area (Å²) in [6.45, 7) is 3.48. The fourth-order valence-electron chi connectivity index (χ4n) is 2.83. The van der Waals surface area contributed by atoms with E-state index in [-0.39, 0.29) is 23.6 Å². The minimum atomic E-state index is -4.09. The van der Waals surface area contributed by atoms with E-state index in [1.807, 2.05) is 0 Å². The van der Waals surface area contributed by atoms with Crippen LogP contribution in [0.5, 0.6) is 5.75 Å². The van der Waals surface area contributed by atoms with Gasteiger partial charge in [-0.3, -0.25) is 0 Å². The standard InChI is InChI=1S/C21H25NO6S/c1-4-18(20(23)21(24)28-5-2)19(15-9-7-6-8-10-15)22-29(25,26)17-13-11-16(27-3)12-14-17/h6-14,18,20,23H,4-5H2,1-3H3/b22-19+/t18-,20-/m0/s1. The maximum absolute atomic E-state index is 12.9. The monoisotopic (exact) mass is 419 g/mol. The molecule has 0 unspecified atom stereocenters. The molecule has 0 saturated carbocycles. The molecule has 0 heterocycles. The lowest BCUT2D eigenvalue weighted by molar-refractivity contribution is -0.154. The Bertz CT molecular complexity index is 939. The van der Waals surface area contributed by atoms with Gasteiger partial charge < -0.3 is 14.6 Å². The van der Waals surface area contributed by atoms with Gasteiger partial charge in [0.15, 0.2) is 6.10 Å². The Balaban J connectivity index is 2.55. The molecule has 0 aliphatic rings. The van der Waals surface area contributed by atoms with Crippen LogP contribution in [0.15, 0.2) is 63.9 Å². The maximum Gasteiger partial charge on any atom is 0.335 e. The highest BCUT2D eigenvalue weighted by molar-refractivity contribution is 7.90. The predicted octanol–water partition coefficient (Wildman–Crippen LogP) is 2.82. The topological polar surface area (TPSA) is 102 Å². The first-order valence-electron chi connectivity index (χ1n) is 9.23. The second-order valence-electron chi connectivity index (χ2n) is 6.20. The molecule has 8 heteroatoms. The summed E-state index contributed by atoms with van der Waals surface area (Å²) in [5, 5.41) is 10.5. The SMILES string of the molecule is CCOC(=O)[C@@H](O)[C@@H](CC)/C(=N/S(=O)(=O)c1ccc(OC)cc1)c1ccccc1.